The monoisotopic (exact) mass is 392 g/mol. The van der Waals surface area contributed by atoms with E-state index in [1.165, 1.54) is 0 Å². The summed E-state index contributed by atoms with van der Waals surface area (Å²) >= 11 is 5.89. The van der Waals surface area contributed by atoms with Gasteiger partial charge in [-0.25, -0.2) is 0 Å². The number of hydrogen-bond acceptors (Lipinski definition) is 6. The van der Waals surface area contributed by atoms with Gasteiger partial charge in [-0.05, 0) is 37.6 Å². The van der Waals surface area contributed by atoms with Crippen molar-refractivity contribution in [1.82, 2.24) is 19.9 Å². The van der Waals surface area contributed by atoms with Crippen LogP contribution in [-0.4, -0.2) is 59.3 Å². The third-order valence-corrected chi connectivity index (χ3v) is 5.29. The van der Waals surface area contributed by atoms with Crippen molar-refractivity contribution in [2.45, 2.75) is 39.2 Å². The van der Waals surface area contributed by atoms with E-state index in [0.717, 1.165) is 74.5 Å². The molecule has 0 N–H and O–H groups in total. The van der Waals surface area contributed by atoms with Gasteiger partial charge in [0, 0.05) is 44.2 Å². The van der Waals surface area contributed by atoms with Crippen molar-refractivity contribution < 1.29 is 9.26 Å². The number of aryl methyl sites for hydroxylation is 1. The van der Waals surface area contributed by atoms with Gasteiger partial charge in [0.25, 0.3) is 0 Å². The number of hydrogen-bond donors (Lipinski definition) is 0. The van der Waals surface area contributed by atoms with E-state index in [9.17, 15) is 0 Å². The lowest BCUT2D eigenvalue weighted by Crippen LogP contribution is -2.48. The number of unbranched alkanes of at least 4 members (excludes halogenated alkanes) is 1. The maximum absolute atomic E-state index is 5.89. The zero-order valence-electron chi connectivity index (χ0n) is 16.2. The lowest BCUT2D eigenvalue weighted by molar-refractivity contribution is 0.0800. The molecular weight excluding hydrogens is 364 g/mol. The first-order chi connectivity index (χ1) is 13.2. The normalized spacial score (nSPS) is 17.1. The van der Waals surface area contributed by atoms with Crippen LogP contribution in [0.2, 0.25) is 5.02 Å². The van der Waals surface area contributed by atoms with Gasteiger partial charge in [0.2, 0.25) is 5.89 Å². The van der Waals surface area contributed by atoms with Crippen molar-refractivity contribution in [1.29, 1.82) is 0 Å². The van der Waals surface area contributed by atoms with Crippen LogP contribution < -0.4 is 4.74 Å². The molecule has 0 spiro atoms. The van der Waals surface area contributed by atoms with Gasteiger partial charge in [-0.15, -0.1) is 0 Å². The molecule has 1 saturated heterocycles. The van der Waals surface area contributed by atoms with Gasteiger partial charge in [-0.2, -0.15) is 4.98 Å². The zero-order valence-corrected chi connectivity index (χ0v) is 17.0. The number of benzene rings is 1. The molecule has 1 atom stereocenters. The van der Waals surface area contributed by atoms with Gasteiger partial charge in [0.05, 0.1) is 6.04 Å². The minimum absolute atomic E-state index is 0.167. The third-order valence-electron chi connectivity index (χ3n) is 5.04. The van der Waals surface area contributed by atoms with E-state index in [4.69, 9.17) is 20.9 Å². The van der Waals surface area contributed by atoms with Gasteiger partial charge < -0.3 is 9.26 Å². The Morgan fingerprint density at radius 2 is 1.93 bits per heavy atom. The summed E-state index contributed by atoms with van der Waals surface area (Å²) in [6.07, 6.45) is 3.14. The molecule has 148 valence electrons. The molecule has 0 amide bonds. The largest absolute Gasteiger partial charge is 0.492 e. The molecule has 1 aromatic carbocycles. The summed E-state index contributed by atoms with van der Waals surface area (Å²) in [7, 11) is 0. The molecule has 0 bridgehead atoms. The fourth-order valence-corrected chi connectivity index (χ4v) is 3.35. The fourth-order valence-electron chi connectivity index (χ4n) is 3.23. The van der Waals surface area contributed by atoms with Crippen molar-refractivity contribution in [2.75, 3.05) is 39.3 Å². The van der Waals surface area contributed by atoms with E-state index >= 15 is 0 Å². The third kappa shape index (κ3) is 5.92. The van der Waals surface area contributed by atoms with Crippen molar-refractivity contribution in [2.24, 2.45) is 0 Å². The van der Waals surface area contributed by atoms with Crippen LogP contribution in [0.5, 0.6) is 5.75 Å². The van der Waals surface area contributed by atoms with Crippen LogP contribution in [0.15, 0.2) is 28.8 Å². The quantitative estimate of drug-likeness (QED) is 0.646. The van der Waals surface area contributed by atoms with E-state index in [-0.39, 0.29) is 6.04 Å². The maximum atomic E-state index is 5.89. The molecule has 0 radical (unpaired) electrons. The van der Waals surface area contributed by atoms with Crippen molar-refractivity contribution in [3.63, 3.8) is 0 Å². The number of aromatic nitrogens is 2. The molecule has 1 fully saturated rings. The fraction of sp³-hybridized carbons (Fsp3) is 0.600. The molecule has 1 aliphatic heterocycles. The van der Waals surface area contributed by atoms with Gasteiger partial charge >= 0.3 is 0 Å². The van der Waals surface area contributed by atoms with Crippen LogP contribution in [0.4, 0.5) is 0 Å². The number of ether oxygens (including phenoxy) is 1. The summed E-state index contributed by atoms with van der Waals surface area (Å²) in [5, 5.41) is 4.84. The summed E-state index contributed by atoms with van der Waals surface area (Å²) in [6.45, 7) is 9.95. The van der Waals surface area contributed by atoms with E-state index < -0.39 is 0 Å². The number of nitrogens with zero attached hydrogens (tertiary/aromatic N) is 4. The first kappa shape index (κ1) is 20.1. The molecule has 0 saturated carbocycles. The summed E-state index contributed by atoms with van der Waals surface area (Å²) in [4.78, 5) is 9.41. The predicted molar refractivity (Wildman–Crippen MR) is 106 cm³/mol. The standard InChI is InChI=1S/C20H29ClN4O2/c1-3-4-5-19-22-20(27-23-19)16(2)25-12-10-24(11-13-25)14-15-26-18-8-6-17(21)7-9-18/h6-9,16H,3-5,10-15H2,1-2H3/t16-/m1/s1. The molecule has 3 rings (SSSR count). The average Bonchev–Trinajstić information content (AvgIpc) is 3.17. The molecule has 1 aromatic heterocycles. The SMILES string of the molecule is CCCCc1noc([C@@H](C)N2CCN(CCOc3ccc(Cl)cc3)CC2)n1. The molecule has 0 unspecified atom stereocenters. The van der Waals surface area contributed by atoms with E-state index in [2.05, 4.69) is 33.8 Å². The highest BCUT2D eigenvalue weighted by Crippen LogP contribution is 2.21. The van der Waals surface area contributed by atoms with Crippen LogP contribution in [0.25, 0.3) is 0 Å². The van der Waals surface area contributed by atoms with E-state index in [0.29, 0.717) is 6.61 Å². The van der Waals surface area contributed by atoms with Crippen LogP contribution in [-0.2, 0) is 6.42 Å². The molecule has 27 heavy (non-hydrogen) atoms. The Labute approximate surface area is 166 Å². The lowest BCUT2D eigenvalue weighted by atomic mass is 10.2. The van der Waals surface area contributed by atoms with Crippen LogP contribution in [0, 0.1) is 0 Å². The van der Waals surface area contributed by atoms with E-state index in [1.54, 1.807) is 0 Å². The minimum atomic E-state index is 0.167. The highest BCUT2D eigenvalue weighted by Gasteiger charge is 2.25. The van der Waals surface area contributed by atoms with Crippen LogP contribution in [0.3, 0.4) is 0 Å². The summed E-state index contributed by atoms with van der Waals surface area (Å²) in [5.74, 6) is 2.43. The smallest absolute Gasteiger partial charge is 0.243 e. The van der Waals surface area contributed by atoms with Crippen LogP contribution >= 0.6 is 11.6 Å². The highest BCUT2D eigenvalue weighted by atomic mass is 35.5. The lowest BCUT2D eigenvalue weighted by Gasteiger charge is -2.36. The van der Waals surface area contributed by atoms with Gasteiger partial charge in [-0.3, -0.25) is 9.80 Å². The Hall–Kier alpha value is -1.63. The Bertz CT molecular complexity index is 684. The van der Waals surface area contributed by atoms with Crippen LogP contribution in [0.1, 0.15) is 44.4 Å². The average molecular weight is 393 g/mol. The zero-order chi connectivity index (χ0) is 19.1. The minimum Gasteiger partial charge on any atom is -0.492 e. The van der Waals surface area contributed by atoms with E-state index in [1.807, 2.05) is 24.3 Å². The first-order valence-electron chi connectivity index (χ1n) is 9.83. The predicted octanol–water partition coefficient (Wildman–Crippen LogP) is 3.82. The van der Waals surface area contributed by atoms with Crippen molar-refractivity contribution in [3.05, 3.63) is 41.0 Å². The Balaban J connectivity index is 1.39. The summed E-state index contributed by atoms with van der Waals surface area (Å²) < 4.78 is 11.3. The molecule has 1 aliphatic rings. The molecule has 7 heteroatoms. The molecule has 2 heterocycles. The van der Waals surface area contributed by atoms with Crippen molar-refractivity contribution >= 4 is 11.6 Å². The van der Waals surface area contributed by atoms with Gasteiger partial charge in [-0.1, -0.05) is 30.1 Å². The topological polar surface area (TPSA) is 54.6 Å². The summed E-state index contributed by atoms with van der Waals surface area (Å²) in [6, 6.07) is 7.67. The Morgan fingerprint density at radius 1 is 1.19 bits per heavy atom. The maximum Gasteiger partial charge on any atom is 0.243 e. The Morgan fingerprint density at radius 3 is 2.63 bits per heavy atom. The molecule has 2 aromatic rings. The molecule has 0 aliphatic carbocycles. The molecule has 6 nitrogen and oxygen atoms in total. The first-order valence-corrected chi connectivity index (χ1v) is 10.2. The number of piperazine rings is 1. The Kier molecular flexibility index (Phi) is 7.50. The molecular formula is C20H29ClN4O2. The summed E-state index contributed by atoms with van der Waals surface area (Å²) in [5.41, 5.74) is 0. The second-order valence-electron chi connectivity index (χ2n) is 7.01. The van der Waals surface area contributed by atoms with Crippen molar-refractivity contribution in [3.8, 4) is 5.75 Å². The highest BCUT2D eigenvalue weighted by molar-refractivity contribution is 6.30. The van der Waals surface area contributed by atoms with Gasteiger partial charge in [0.15, 0.2) is 5.82 Å². The van der Waals surface area contributed by atoms with Gasteiger partial charge in [0.1, 0.15) is 12.4 Å². The number of halogens is 1. The second kappa shape index (κ2) is 10.1. The number of rotatable bonds is 9. The second-order valence-corrected chi connectivity index (χ2v) is 7.44.